The number of nitro groups is 1. The topological polar surface area (TPSA) is 132 Å². The van der Waals surface area contributed by atoms with Crippen molar-refractivity contribution in [3.05, 3.63) is 70.0 Å². The van der Waals surface area contributed by atoms with Crippen LogP contribution in [0.1, 0.15) is 17.4 Å². The number of phenolic OH excluding ortho intramolecular Hbond substituents is 1. The molecule has 0 saturated carbocycles. The van der Waals surface area contributed by atoms with Crippen LogP contribution in [0.2, 0.25) is 0 Å². The normalized spacial score (nSPS) is 12.0. The predicted octanol–water partition coefficient (Wildman–Crippen LogP) is 2.80. The Morgan fingerprint density at radius 1 is 1.21 bits per heavy atom. The molecule has 3 rings (SSSR count). The van der Waals surface area contributed by atoms with Gasteiger partial charge in [-0.05, 0) is 22.9 Å². The van der Waals surface area contributed by atoms with Gasteiger partial charge in [0.05, 0.1) is 6.07 Å². The molecule has 3 aromatic rings. The van der Waals surface area contributed by atoms with Crippen molar-refractivity contribution < 1.29 is 19.2 Å². The highest BCUT2D eigenvalue weighted by molar-refractivity contribution is 5.89. The van der Waals surface area contributed by atoms with Gasteiger partial charge >= 0.3 is 11.9 Å². The van der Waals surface area contributed by atoms with Crippen molar-refractivity contribution in [3.8, 4) is 5.75 Å². The number of urea groups is 1. The Kier molecular flexibility index (Phi) is 3.78. The third-order valence-corrected chi connectivity index (χ3v) is 3.60. The van der Waals surface area contributed by atoms with Gasteiger partial charge in [-0.25, -0.2) is 4.79 Å². The Morgan fingerprint density at radius 3 is 2.62 bits per heavy atom. The lowest BCUT2D eigenvalue weighted by Crippen LogP contribution is -2.33. The molecule has 8 heteroatoms. The minimum atomic E-state index is -0.970. The molecule has 0 aliphatic rings. The Hall–Kier alpha value is -3.55. The number of amides is 2. The van der Waals surface area contributed by atoms with Gasteiger partial charge in [0.25, 0.3) is 0 Å². The first kappa shape index (κ1) is 15.3. The molecule has 0 bridgehead atoms. The van der Waals surface area contributed by atoms with Crippen molar-refractivity contribution in [2.45, 2.75) is 6.04 Å². The molecule has 1 unspecified atom stereocenters. The first-order valence-corrected chi connectivity index (χ1v) is 6.98. The van der Waals surface area contributed by atoms with E-state index in [0.717, 1.165) is 5.39 Å². The Bertz CT molecular complexity index is 934. The second-order valence-corrected chi connectivity index (χ2v) is 5.09. The monoisotopic (exact) mass is 327 g/mol. The van der Waals surface area contributed by atoms with E-state index in [-0.39, 0.29) is 11.5 Å². The van der Waals surface area contributed by atoms with Crippen LogP contribution >= 0.6 is 0 Å². The molecule has 1 heterocycles. The van der Waals surface area contributed by atoms with Gasteiger partial charge < -0.3 is 20.6 Å². The zero-order valence-electron chi connectivity index (χ0n) is 12.3. The summed E-state index contributed by atoms with van der Waals surface area (Å²) in [5, 5.41) is 25.1. The number of hydrogen-bond donors (Lipinski definition) is 3. The number of carbonyl (C=O) groups is 1. The van der Waals surface area contributed by atoms with E-state index < -0.39 is 22.9 Å². The zero-order valence-corrected chi connectivity index (χ0v) is 12.3. The largest absolute Gasteiger partial charge is 0.508 e. The number of nitrogens with one attached hydrogen (secondary N) is 1. The fourth-order valence-electron chi connectivity index (χ4n) is 2.61. The molecule has 2 aromatic carbocycles. The summed E-state index contributed by atoms with van der Waals surface area (Å²) >= 11 is 0. The molecule has 4 N–H and O–H groups in total. The molecule has 2 amide bonds. The molecular weight excluding hydrogens is 314 g/mol. The number of hydrogen-bond acceptors (Lipinski definition) is 5. The van der Waals surface area contributed by atoms with E-state index in [0.29, 0.717) is 10.9 Å². The van der Waals surface area contributed by atoms with Crippen LogP contribution < -0.4 is 11.1 Å². The molecular formula is C16H13N3O5. The van der Waals surface area contributed by atoms with Crippen LogP contribution in [0.25, 0.3) is 10.8 Å². The summed E-state index contributed by atoms with van der Waals surface area (Å²) in [6.07, 6.45) is 0. The molecule has 0 aliphatic carbocycles. The standard InChI is InChI=1S/C16H13N3O5/c17-16(21)18-15(12-7-8-13(24-12)19(22)23)14-10-4-2-1-3-9(10)5-6-11(14)20/h1-8,15,20H,(H3,17,18,21). The number of carbonyl (C=O) groups excluding carboxylic acids is 1. The number of primary amides is 1. The summed E-state index contributed by atoms with van der Waals surface area (Å²) in [7, 11) is 0. The fourth-order valence-corrected chi connectivity index (χ4v) is 2.61. The van der Waals surface area contributed by atoms with Crippen molar-refractivity contribution in [1.29, 1.82) is 0 Å². The first-order chi connectivity index (χ1) is 11.5. The van der Waals surface area contributed by atoms with Gasteiger partial charge in [0.2, 0.25) is 0 Å². The van der Waals surface area contributed by atoms with Crippen molar-refractivity contribution in [1.82, 2.24) is 5.32 Å². The number of rotatable bonds is 4. The quantitative estimate of drug-likeness (QED) is 0.501. The summed E-state index contributed by atoms with van der Waals surface area (Å²) in [5.41, 5.74) is 5.57. The van der Waals surface area contributed by atoms with Crippen molar-refractivity contribution in [3.63, 3.8) is 0 Å². The van der Waals surface area contributed by atoms with Crippen LogP contribution in [0.5, 0.6) is 5.75 Å². The van der Waals surface area contributed by atoms with Gasteiger partial charge in [-0.1, -0.05) is 30.3 Å². The van der Waals surface area contributed by atoms with Crippen LogP contribution in [0.3, 0.4) is 0 Å². The molecule has 0 spiro atoms. The van der Waals surface area contributed by atoms with Crippen molar-refractivity contribution in [2.24, 2.45) is 5.73 Å². The van der Waals surface area contributed by atoms with Crippen LogP contribution in [0.15, 0.2) is 52.9 Å². The molecule has 0 fully saturated rings. The van der Waals surface area contributed by atoms with E-state index in [4.69, 9.17) is 10.2 Å². The molecule has 0 saturated heterocycles. The average molecular weight is 327 g/mol. The zero-order chi connectivity index (χ0) is 17.3. The van der Waals surface area contributed by atoms with Gasteiger partial charge in [0.15, 0.2) is 0 Å². The van der Waals surface area contributed by atoms with Gasteiger partial charge in [0, 0.05) is 5.56 Å². The van der Waals surface area contributed by atoms with E-state index in [1.807, 2.05) is 12.1 Å². The summed E-state index contributed by atoms with van der Waals surface area (Å²) in [5.74, 6) is -0.473. The van der Waals surface area contributed by atoms with Crippen molar-refractivity contribution >= 4 is 22.7 Å². The van der Waals surface area contributed by atoms with E-state index in [1.54, 1.807) is 18.2 Å². The third kappa shape index (κ3) is 2.72. The minimum absolute atomic E-state index is 0.0900. The SMILES string of the molecule is NC(=O)NC(c1ccc([N+](=O)[O-])o1)c1c(O)ccc2ccccc12. The lowest BCUT2D eigenvalue weighted by Gasteiger charge is -2.19. The summed E-state index contributed by atoms with van der Waals surface area (Å²) in [4.78, 5) is 21.5. The number of benzene rings is 2. The minimum Gasteiger partial charge on any atom is -0.508 e. The molecule has 24 heavy (non-hydrogen) atoms. The molecule has 1 aromatic heterocycles. The number of fused-ring (bicyclic) bond motifs is 1. The average Bonchev–Trinajstić information content (AvgIpc) is 3.03. The van der Waals surface area contributed by atoms with Crippen LogP contribution in [0.4, 0.5) is 10.7 Å². The Balaban J connectivity index is 2.21. The second-order valence-electron chi connectivity index (χ2n) is 5.09. The predicted molar refractivity (Wildman–Crippen MR) is 85.5 cm³/mol. The number of furan rings is 1. The number of phenols is 1. The van der Waals surface area contributed by atoms with Crippen molar-refractivity contribution in [2.75, 3.05) is 0 Å². The lowest BCUT2D eigenvalue weighted by atomic mass is 9.96. The summed E-state index contributed by atoms with van der Waals surface area (Å²) < 4.78 is 5.19. The molecule has 8 nitrogen and oxygen atoms in total. The molecule has 0 aliphatic heterocycles. The Labute approximate surface area is 135 Å². The van der Waals surface area contributed by atoms with E-state index >= 15 is 0 Å². The third-order valence-electron chi connectivity index (χ3n) is 3.60. The maximum atomic E-state index is 11.4. The first-order valence-electron chi connectivity index (χ1n) is 6.98. The highest BCUT2D eigenvalue weighted by Gasteiger charge is 2.26. The van der Waals surface area contributed by atoms with Gasteiger partial charge in [0.1, 0.15) is 22.5 Å². The number of nitrogens with zero attached hydrogens (tertiary/aromatic N) is 1. The highest BCUT2D eigenvalue weighted by atomic mass is 16.6. The lowest BCUT2D eigenvalue weighted by molar-refractivity contribution is -0.402. The van der Waals surface area contributed by atoms with E-state index in [1.165, 1.54) is 18.2 Å². The number of aromatic hydroxyl groups is 1. The molecule has 122 valence electrons. The summed E-state index contributed by atoms with van der Waals surface area (Å²) in [6, 6.07) is 11.1. The van der Waals surface area contributed by atoms with E-state index in [9.17, 15) is 20.0 Å². The summed E-state index contributed by atoms with van der Waals surface area (Å²) in [6.45, 7) is 0. The fraction of sp³-hybridized carbons (Fsp3) is 0.0625. The van der Waals surface area contributed by atoms with Crippen LogP contribution in [0, 0.1) is 10.1 Å². The molecule has 0 radical (unpaired) electrons. The smallest absolute Gasteiger partial charge is 0.433 e. The second kappa shape index (κ2) is 5.92. The van der Waals surface area contributed by atoms with E-state index in [2.05, 4.69) is 5.32 Å². The van der Waals surface area contributed by atoms with Gasteiger partial charge in [-0.15, -0.1) is 0 Å². The van der Waals surface area contributed by atoms with Gasteiger partial charge in [-0.3, -0.25) is 10.1 Å². The number of nitrogens with two attached hydrogens (primary N) is 1. The van der Waals surface area contributed by atoms with Gasteiger partial charge in [-0.2, -0.15) is 0 Å². The van der Waals surface area contributed by atoms with Crippen LogP contribution in [-0.2, 0) is 0 Å². The maximum Gasteiger partial charge on any atom is 0.433 e. The Morgan fingerprint density at radius 2 is 1.96 bits per heavy atom. The molecule has 1 atom stereocenters. The van der Waals surface area contributed by atoms with Crippen LogP contribution in [-0.4, -0.2) is 16.1 Å². The highest BCUT2D eigenvalue weighted by Crippen LogP contribution is 2.37. The maximum absolute atomic E-state index is 11.4.